The van der Waals surface area contributed by atoms with Gasteiger partial charge in [0.1, 0.15) is 22.9 Å². The quantitative estimate of drug-likeness (QED) is 0.347. The Morgan fingerprint density at radius 1 is 1.14 bits per heavy atom. The van der Waals surface area contributed by atoms with Crippen LogP contribution in [0.2, 0.25) is 0 Å². The smallest absolute Gasteiger partial charge is 0.218 e. The molecule has 36 heavy (non-hydrogen) atoms. The Labute approximate surface area is 207 Å². The summed E-state index contributed by atoms with van der Waals surface area (Å²) in [6.45, 7) is 5.03. The lowest BCUT2D eigenvalue weighted by Gasteiger charge is -2.20. The lowest BCUT2D eigenvalue weighted by Crippen LogP contribution is -2.19. The molecule has 4 aromatic rings. The number of pyridine rings is 1. The Bertz CT molecular complexity index is 1490. The van der Waals surface area contributed by atoms with Crippen molar-refractivity contribution in [2.45, 2.75) is 45.1 Å². The van der Waals surface area contributed by atoms with Crippen LogP contribution < -0.4 is 5.73 Å². The molecule has 2 heterocycles. The second-order valence-electron chi connectivity index (χ2n) is 9.34. The predicted molar refractivity (Wildman–Crippen MR) is 134 cm³/mol. The number of halogens is 2. The van der Waals surface area contributed by atoms with Crippen LogP contribution >= 0.6 is 0 Å². The van der Waals surface area contributed by atoms with E-state index in [1.165, 1.54) is 12.1 Å². The maximum atomic E-state index is 13.9. The molecule has 184 valence electrons. The summed E-state index contributed by atoms with van der Waals surface area (Å²) in [5.41, 5.74) is 8.81. The number of hydrogen-bond donors (Lipinski definition) is 3. The van der Waals surface area contributed by atoms with E-state index < -0.39 is 29.1 Å². The van der Waals surface area contributed by atoms with Crippen molar-refractivity contribution >= 4 is 16.8 Å². The first-order chi connectivity index (χ1) is 17.0. The van der Waals surface area contributed by atoms with Gasteiger partial charge >= 0.3 is 0 Å². The van der Waals surface area contributed by atoms with Crippen molar-refractivity contribution in [2.24, 2.45) is 5.73 Å². The second-order valence-corrected chi connectivity index (χ2v) is 9.34. The summed E-state index contributed by atoms with van der Waals surface area (Å²) in [5.74, 6) is 3.03. The van der Waals surface area contributed by atoms with E-state index in [1.54, 1.807) is 19.9 Å². The third kappa shape index (κ3) is 5.75. The van der Waals surface area contributed by atoms with Crippen molar-refractivity contribution < 1.29 is 18.7 Å². The summed E-state index contributed by atoms with van der Waals surface area (Å²) in [6, 6.07) is 12.5. The summed E-state index contributed by atoms with van der Waals surface area (Å²) in [7, 11) is 0. The van der Waals surface area contributed by atoms with Gasteiger partial charge in [-0.3, -0.25) is 9.89 Å². The third-order valence-corrected chi connectivity index (χ3v) is 5.71. The fraction of sp³-hybridized carbons (Fsp3) is 0.250. The number of hydrogen-bond acceptors (Lipinski definition) is 4. The highest BCUT2D eigenvalue weighted by atomic mass is 19.1. The molecule has 0 saturated carbocycles. The van der Waals surface area contributed by atoms with Crippen molar-refractivity contribution in [2.75, 3.05) is 0 Å². The minimum atomic E-state index is -1.23. The molecular formula is C28H26F2N4O2. The van der Waals surface area contributed by atoms with Crippen molar-refractivity contribution in [1.29, 1.82) is 0 Å². The van der Waals surface area contributed by atoms with Gasteiger partial charge in [-0.15, -0.1) is 0 Å². The highest BCUT2D eigenvalue weighted by Crippen LogP contribution is 2.36. The number of fused-ring (bicyclic) bond motifs is 1. The number of benzene rings is 2. The number of rotatable bonds is 6. The maximum Gasteiger partial charge on any atom is 0.218 e. The number of aryl methyl sites for hydroxylation is 1. The summed E-state index contributed by atoms with van der Waals surface area (Å²) in [5, 5.41) is 18.3. The van der Waals surface area contributed by atoms with Crippen molar-refractivity contribution in [3.63, 3.8) is 0 Å². The van der Waals surface area contributed by atoms with Crippen LogP contribution in [0.4, 0.5) is 8.78 Å². The van der Waals surface area contributed by atoms with Crippen LogP contribution in [0.15, 0.2) is 48.5 Å². The number of amides is 1. The zero-order chi connectivity index (χ0) is 26.0. The maximum absolute atomic E-state index is 13.9. The second kappa shape index (κ2) is 9.88. The number of primary amides is 1. The van der Waals surface area contributed by atoms with E-state index in [0.717, 1.165) is 33.8 Å². The monoisotopic (exact) mass is 488 g/mol. The van der Waals surface area contributed by atoms with Gasteiger partial charge in [-0.25, -0.2) is 13.8 Å². The molecule has 0 aliphatic carbocycles. The molecule has 1 atom stereocenters. The molecule has 4 rings (SSSR count). The number of nitrogens with two attached hydrogens (primary N) is 1. The van der Waals surface area contributed by atoms with Crippen LogP contribution in [0.5, 0.6) is 0 Å². The Morgan fingerprint density at radius 3 is 2.53 bits per heavy atom. The van der Waals surface area contributed by atoms with Crippen LogP contribution in [-0.4, -0.2) is 31.8 Å². The van der Waals surface area contributed by atoms with Crippen LogP contribution in [0.3, 0.4) is 0 Å². The first kappa shape index (κ1) is 25.0. The highest BCUT2D eigenvalue weighted by molar-refractivity contribution is 5.97. The average Bonchev–Trinajstić information content (AvgIpc) is 3.17. The number of nitrogens with one attached hydrogen (secondary N) is 1. The molecule has 0 aliphatic rings. The number of H-pyrrole nitrogens is 1. The number of aliphatic hydroxyl groups is 1. The summed E-state index contributed by atoms with van der Waals surface area (Å²) in [4.78, 5) is 16.8. The van der Waals surface area contributed by atoms with Gasteiger partial charge in [0.2, 0.25) is 5.91 Å². The highest BCUT2D eigenvalue weighted by Gasteiger charge is 2.24. The largest absolute Gasteiger partial charge is 0.378 e. The van der Waals surface area contributed by atoms with Crippen molar-refractivity contribution in [3.05, 3.63) is 82.8 Å². The molecule has 0 saturated heterocycles. The molecule has 0 unspecified atom stereocenters. The number of carbonyl (C=O) groups excluding carboxylic acids is 1. The van der Waals surface area contributed by atoms with Gasteiger partial charge in [0.25, 0.3) is 0 Å². The van der Waals surface area contributed by atoms with Crippen LogP contribution in [0.1, 0.15) is 48.8 Å². The predicted octanol–water partition coefficient (Wildman–Crippen LogP) is 4.54. The summed E-state index contributed by atoms with van der Waals surface area (Å²) >= 11 is 0. The van der Waals surface area contributed by atoms with E-state index in [1.807, 2.05) is 31.2 Å². The SMILES string of the molecule is Cc1[nH]nc2cccc(-c3ccc(C#CC(C)(C)O)nc3[C@H](CC(N)=O)Cc3cc(F)cc(F)c3)c12. The van der Waals surface area contributed by atoms with E-state index in [9.17, 15) is 18.7 Å². The Morgan fingerprint density at radius 2 is 1.86 bits per heavy atom. The number of aromatic nitrogens is 3. The van der Waals surface area contributed by atoms with Gasteiger partial charge in [-0.1, -0.05) is 18.1 Å². The standard InChI is InChI=1S/C28H26F2N4O2/c1-16-26-22(5-4-6-24(26)34-33-16)23-8-7-21(9-10-28(2,3)36)32-27(23)18(14-25(31)35)11-17-12-19(29)15-20(30)13-17/h4-8,12-13,15,18,36H,11,14H2,1-3H3,(H2,31,35)(H,33,34)/t18-/m0/s1. The van der Waals surface area contributed by atoms with Gasteiger partial charge in [0, 0.05) is 35.0 Å². The van der Waals surface area contributed by atoms with E-state index in [0.29, 0.717) is 17.0 Å². The molecule has 2 aromatic heterocycles. The molecule has 0 bridgehead atoms. The minimum Gasteiger partial charge on any atom is -0.378 e. The Balaban J connectivity index is 1.93. The third-order valence-electron chi connectivity index (χ3n) is 5.71. The lowest BCUT2D eigenvalue weighted by molar-refractivity contribution is -0.118. The minimum absolute atomic E-state index is 0.0964. The fourth-order valence-electron chi connectivity index (χ4n) is 4.27. The summed E-state index contributed by atoms with van der Waals surface area (Å²) < 4.78 is 27.9. The molecule has 4 N–H and O–H groups in total. The molecule has 0 fully saturated rings. The Kier molecular flexibility index (Phi) is 6.86. The van der Waals surface area contributed by atoms with Gasteiger partial charge in [0.05, 0.1) is 11.2 Å². The molecule has 6 nitrogen and oxygen atoms in total. The average molecular weight is 489 g/mol. The van der Waals surface area contributed by atoms with E-state index >= 15 is 0 Å². The number of nitrogens with zero attached hydrogens (tertiary/aromatic N) is 2. The number of carbonyl (C=O) groups is 1. The lowest BCUT2D eigenvalue weighted by atomic mass is 9.86. The molecule has 0 aliphatic heterocycles. The number of aromatic amines is 1. The van der Waals surface area contributed by atoms with Gasteiger partial charge in [-0.2, -0.15) is 5.10 Å². The van der Waals surface area contributed by atoms with Crippen molar-refractivity contribution in [1.82, 2.24) is 15.2 Å². The zero-order valence-corrected chi connectivity index (χ0v) is 20.2. The Hall–Kier alpha value is -4.09. The first-order valence-corrected chi connectivity index (χ1v) is 11.4. The first-order valence-electron chi connectivity index (χ1n) is 11.4. The van der Waals surface area contributed by atoms with Crippen LogP contribution in [0.25, 0.3) is 22.0 Å². The zero-order valence-electron chi connectivity index (χ0n) is 20.2. The van der Waals surface area contributed by atoms with Crippen molar-refractivity contribution in [3.8, 4) is 23.0 Å². The molecule has 0 spiro atoms. The molecule has 8 heteroatoms. The van der Waals surface area contributed by atoms with E-state index in [2.05, 4.69) is 22.0 Å². The fourth-order valence-corrected chi connectivity index (χ4v) is 4.27. The normalized spacial score (nSPS) is 12.3. The molecule has 0 radical (unpaired) electrons. The topological polar surface area (TPSA) is 105 Å². The van der Waals surface area contributed by atoms with Gasteiger partial charge in [-0.05, 0) is 74.6 Å². The summed E-state index contributed by atoms with van der Waals surface area (Å²) in [6.07, 6.45) is 0.0290. The molecule has 1 amide bonds. The van der Waals surface area contributed by atoms with Crippen LogP contribution in [-0.2, 0) is 11.2 Å². The van der Waals surface area contributed by atoms with Crippen LogP contribution in [0, 0.1) is 30.4 Å². The van der Waals surface area contributed by atoms with E-state index in [-0.39, 0.29) is 12.8 Å². The molecule has 2 aromatic carbocycles. The van der Waals surface area contributed by atoms with E-state index in [4.69, 9.17) is 10.7 Å². The molecular weight excluding hydrogens is 462 g/mol. The van der Waals surface area contributed by atoms with Gasteiger partial charge in [0.15, 0.2) is 0 Å². The van der Waals surface area contributed by atoms with Gasteiger partial charge < -0.3 is 10.8 Å².